The molecule has 0 aliphatic rings. The van der Waals surface area contributed by atoms with Crippen LogP contribution in [-0.4, -0.2) is 57.6 Å². The van der Waals surface area contributed by atoms with E-state index in [9.17, 15) is 18.0 Å². The molecule has 0 heterocycles. The Balaban J connectivity index is 2.25. The first-order valence-electron chi connectivity index (χ1n) is 11.6. The maximum atomic E-state index is 13.4. The van der Waals surface area contributed by atoms with E-state index in [1.165, 1.54) is 16.3 Å². The number of methoxy groups -OCH3 is 1. The molecule has 1 unspecified atom stereocenters. The van der Waals surface area contributed by atoms with Gasteiger partial charge in [-0.3, -0.25) is 13.9 Å². The lowest BCUT2D eigenvalue weighted by Crippen LogP contribution is -2.49. The van der Waals surface area contributed by atoms with E-state index in [2.05, 4.69) is 5.32 Å². The van der Waals surface area contributed by atoms with E-state index in [0.717, 1.165) is 11.8 Å². The van der Waals surface area contributed by atoms with Crippen molar-refractivity contribution in [3.05, 3.63) is 58.1 Å². The third-order valence-electron chi connectivity index (χ3n) is 5.58. The first kappa shape index (κ1) is 29.7. The van der Waals surface area contributed by atoms with E-state index in [-0.39, 0.29) is 37.7 Å². The Labute approximate surface area is 223 Å². The molecular weight excluding hydrogens is 525 g/mol. The zero-order valence-corrected chi connectivity index (χ0v) is 23.3. The van der Waals surface area contributed by atoms with Crippen LogP contribution in [0.25, 0.3) is 0 Å². The van der Waals surface area contributed by atoms with E-state index in [1.807, 2.05) is 13.8 Å². The van der Waals surface area contributed by atoms with Crippen LogP contribution >= 0.6 is 23.2 Å². The summed E-state index contributed by atoms with van der Waals surface area (Å²) in [5, 5.41) is 3.53. The second kappa shape index (κ2) is 13.7. The second-order valence-corrected chi connectivity index (χ2v) is 10.9. The van der Waals surface area contributed by atoms with Gasteiger partial charge in [0.1, 0.15) is 11.8 Å². The van der Waals surface area contributed by atoms with Crippen LogP contribution in [-0.2, 0) is 26.2 Å². The molecule has 1 N–H and O–H groups in total. The minimum atomic E-state index is -3.63. The summed E-state index contributed by atoms with van der Waals surface area (Å²) >= 11 is 12.2. The molecule has 2 aromatic carbocycles. The Kier molecular flexibility index (Phi) is 11.3. The Hall–Kier alpha value is -2.49. The molecule has 8 nitrogen and oxygen atoms in total. The predicted octanol–water partition coefficient (Wildman–Crippen LogP) is 4.49. The summed E-state index contributed by atoms with van der Waals surface area (Å²) in [4.78, 5) is 27.7. The highest BCUT2D eigenvalue weighted by molar-refractivity contribution is 7.92. The van der Waals surface area contributed by atoms with Crippen LogP contribution in [0, 0.1) is 0 Å². The lowest BCUT2D eigenvalue weighted by atomic mass is 10.1. The van der Waals surface area contributed by atoms with Gasteiger partial charge in [-0.2, -0.15) is 0 Å². The molecule has 11 heteroatoms. The van der Waals surface area contributed by atoms with Gasteiger partial charge in [0.05, 0.1) is 29.1 Å². The standard InChI is InChI=1S/C25H33Cl2N3O5S/c1-5-21(25(32)28-6-2)29(17-18-13-14-19(26)20(27)16-18)24(31)12-9-15-30(36(4,33)34)22-10-7-8-11-23(22)35-3/h7-8,10-11,13-14,16,21H,5-6,9,12,15,17H2,1-4H3,(H,28,32). The first-order chi connectivity index (χ1) is 17.0. The molecule has 0 bridgehead atoms. The molecule has 2 aromatic rings. The summed E-state index contributed by atoms with van der Waals surface area (Å²) in [5.41, 5.74) is 1.13. The van der Waals surface area contributed by atoms with Crippen molar-refractivity contribution in [3.63, 3.8) is 0 Å². The number of halogens is 2. The molecule has 2 amide bonds. The maximum Gasteiger partial charge on any atom is 0.242 e. The predicted molar refractivity (Wildman–Crippen MR) is 144 cm³/mol. The smallest absolute Gasteiger partial charge is 0.242 e. The normalized spacial score (nSPS) is 12.1. The minimum absolute atomic E-state index is 0.0401. The van der Waals surface area contributed by atoms with Gasteiger partial charge in [-0.05, 0) is 49.6 Å². The van der Waals surface area contributed by atoms with Crippen LogP contribution in [0.15, 0.2) is 42.5 Å². The van der Waals surface area contributed by atoms with Crippen molar-refractivity contribution >= 4 is 50.7 Å². The van der Waals surface area contributed by atoms with Gasteiger partial charge in [0.15, 0.2) is 0 Å². The number of nitrogens with one attached hydrogen (secondary N) is 1. The summed E-state index contributed by atoms with van der Waals surface area (Å²) in [5.74, 6) is -0.106. The molecule has 36 heavy (non-hydrogen) atoms. The summed E-state index contributed by atoms with van der Waals surface area (Å²) in [6, 6.07) is 11.2. The number of anilines is 1. The minimum Gasteiger partial charge on any atom is -0.495 e. The SMILES string of the molecule is CCNC(=O)C(CC)N(Cc1ccc(Cl)c(Cl)c1)C(=O)CCCN(c1ccccc1OC)S(C)(=O)=O. The fraction of sp³-hybridized carbons (Fsp3) is 0.440. The molecule has 0 aromatic heterocycles. The van der Waals surface area contributed by atoms with Crippen LogP contribution in [0.1, 0.15) is 38.7 Å². The number of rotatable bonds is 13. The van der Waals surface area contributed by atoms with Gasteiger partial charge in [0.25, 0.3) is 0 Å². The fourth-order valence-corrected chi connectivity index (χ4v) is 5.15. The number of benzene rings is 2. The number of ether oxygens (including phenoxy) is 1. The monoisotopic (exact) mass is 557 g/mol. The van der Waals surface area contributed by atoms with Gasteiger partial charge in [-0.1, -0.05) is 48.3 Å². The van der Waals surface area contributed by atoms with Crippen LogP contribution in [0.2, 0.25) is 10.0 Å². The van der Waals surface area contributed by atoms with Crippen molar-refractivity contribution in [2.45, 2.75) is 45.7 Å². The van der Waals surface area contributed by atoms with Crippen molar-refractivity contribution in [1.82, 2.24) is 10.2 Å². The van der Waals surface area contributed by atoms with Gasteiger partial charge in [-0.25, -0.2) is 8.42 Å². The molecule has 198 valence electrons. The van der Waals surface area contributed by atoms with Gasteiger partial charge >= 0.3 is 0 Å². The third kappa shape index (κ3) is 8.01. The molecule has 0 radical (unpaired) electrons. The lowest BCUT2D eigenvalue weighted by Gasteiger charge is -2.31. The number of para-hydroxylation sites is 2. The van der Waals surface area contributed by atoms with Crippen LogP contribution in [0.3, 0.4) is 0 Å². The summed E-state index contributed by atoms with van der Waals surface area (Å²) in [6.07, 6.45) is 1.81. The highest BCUT2D eigenvalue weighted by Crippen LogP contribution is 2.30. The second-order valence-electron chi connectivity index (χ2n) is 8.20. The molecule has 0 saturated carbocycles. The van der Waals surface area contributed by atoms with Crippen molar-refractivity contribution in [2.75, 3.05) is 30.8 Å². The van der Waals surface area contributed by atoms with Gasteiger partial charge in [-0.15, -0.1) is 0 Å². The Morgan fingerprint density at radius 3 is 2.36 bits per heavy atom. The number of nitrogens with zero attached hydrogens (tertiary/aromatic N) is 2. The number of carbonyl (C=O) groups is 2. The Morgan fingerprint density at radius 2 is 1.78 bits per heavy atom. The third-order valence-corrected chi connectivity index (χ3v) is 7.50. The topological polar surface area (TPSA) is 96.0 Å². The van der Waals surface area contributed by atoms with Crippen LogP contribution in [0.5, 0.6) is 5.75 Å². The lowest BCUT2D eigenvalue weighted by molar-refractivity contribution is -0.141. The maximum absolute atomic E-state index is 13.4. The molecule has 1 atom stereocenters. The van der Waals surface area contributed by atoms with E-state index < -0.39 is 16.1 Å². The van der Waals surface area contributed by atoms with Gasteiger partial charge < -0.3 is 15.0 Å². The Morgan fingerprint density at radius 1 is 1.08 bits per heavy atom. The molecule has 0 aliphatic carbocycles. The summed E-state index contributed by atoms with van der Waals surface area (Å²) in [7, 11) is -2.16. The van der Waals surface area contributed by atoms with Crippen LogP contribution < -0.4 is 14.4 Å². The van der Waals surface area contributed by atoms with Crippen molar-refractivity contribution in [1.29, 1.82) is 0 Å². The van der Waals surface area contributed by atoms with Crippen molar-refractivity contribution in [3.8, 4) is 5.75 Å². The molecular formula is C25H33Cl2N3O5S. The van der Waals surface area contributed by atoms with Gasteiger partial charge in [0, 0.05) is 26.1 Å². The summed E-state index contributed by atoms with van der Waals surface area (Å²) < 4.78 is 31.6. The number of hydrogen-bond donors (Lipinski definition) is 1. The zero-order valence-electron chi connectivity index (χ0n) is 21.0. The first-order valence-corrected chi connectivity index (χ1v) is 14.3. The zero-order chi connectivity index (χ0) is 26.9. The van der Waals surface area contributed by atoms with E-state index in [0.29, 0.717) is 34.4 Å². The number of sulfonamides is 1. The Bertz CT molecular complexity index is 1160. The largest absolute Gasteiger partial charge is 0.495 e. The highest BCUT2D eigenvalue weighted by Gasteiger charge is 2.29. The molecule has 2 rings (SSSR count). The number of carbonyl (C=O) groups excluding carboxylic acids is 2. The average Bonchev–Trinajstić information content (AvgIpc) is 2.83. The van der Waals surface area contributed by atoms with Crippen molar-refractivity contribution < 1.29 is 22.7 Å². The quantitative estimate of drug-likeness (QED) is 0.391. The van der Waals surface area contributed by atoms with Gasteiger partial charge in [0.2, 0.25) is 21.8 Å². The molecule has 0 spiro atoms. The molecule has 0 saturated heterocycles. The molecule has 0 aliphatic heterocycles. The summed E-state index contributed by atoms with van der Waals surface area (Å²) in [6.45, 7) is 4.32. The van der Waals surface area contributed by atoms with E-state index in [4.69, 9.17) is 27.9 Å². The number of likely N-dealkylation sites (N-methyl/N-ethyl adjacent to an activating group) is 1. The van der Waals surface area contributed by atoms with Crippen molar-refractivity contribution in [2.24, 2.45) is 0 Å². The average molecular weight is 559 g/mol. The van der Waals surface area contributed by atoms with E-state index >= 15 is 0 Å². The number of amides is 2. The molecule has 0 fully saturated rings. The fourth-order valence-electron chi connectivity index (χ4n) is 3.86. The van der Waals surface area contributed by atoms with E-state index in [1.54, 1.807) is 42.5 Å². The number of hydrogen-bond acceptors (Lipinski definition) is 5. The van der Waals surface area contributed by atoms with Crippen LogP contribution in [0.4, 0.5) is 5.69 Å². The highest BCUT2D eigenvalue weighted by atomic mass is 35.5.